The molecule has 58 valence electrons. The van der Waals surface area contributed by atoms with Crippen molar-refractivity contribution in [3.63, 3.8) is 0 Å². The van der Waals surface area contributed by atoms with Crippen LogP contribution in [0.2, 0.25) is 0 Å². The van der Waals surface area contributed by atoms with E-state index in [1.54, 1.807) is 0 Å². The molecule has 3 nitrogen and oxygen atoms in total. The second-order valence-corrected chi connectivity index (χ2v) is 3.01. The molecule has 0 bridgehead atoms. The van der Waals surface area contributed by atoms with Crippen LogP contribution in [0.5, 0.6) is 0 Å². The molecule has 0 aliphatic carbocycles. The number of carbonyl (C=O) groups excluding carboxylic acids is 1. The number of Topliss-reactive ketones (excluding diaryl/α,β-unsaturated/α-hetero) is 1. The Hall–Kier alpha value is -0.410. The maximum absolute atomic E-state index is 10.8. The number of hydrogen-bond donors (Lipinski definition) is 1. The number of aliphatic hydroxyl groups excluding tert-OH is 1. The number of aliphatic hydroxyl groups is 1. The average molecular weight is 143 g/mol. The highest BCUT2D eigenvalue weighted by Gasteiger charge is 2.31. The fourth-order valence-electron chi connectivity index (χ4n) is 1.38. The summed E-state index contributed by atoms with van der Waals surface area (Å²) in [5.74, 6) is -0.0538. The van der Waals surface area contributed by atoms with Crippen molar-refractivity contribution in [2.45, 2.75) is 13.0 Å². The van der Waals surface area contributed by atoms with E-state index in [4.69, 9.17) is 0 Å². The minimum atomic E-state index is -0.442. The first-order valence-corrected chi connectivity index (χ1v) is 3.48. The molecule has 10 heavy (non-hydrogen) atoms. The molecule has 1 aliphatic rings. The summed E-state index contributed by atoms with van der Waals surface area (Å²) in [5.41, 5.74) is 0. The second-order valence-electron chi connectivity index (χ2n) is 3.01. The molecule has 1 fully saturated rings. The Morgan fingerprint density at radius 1 is 1.60 bits per heavy atom. The minimum Gasteiger partial charge on any atom is -0.391 e. The molecule has 0 amide bonds. The van der Waals surface area contributed by atoms with Crippen molar-refractivity contribution in [1.82, 2.24) is 4.90 Å². The number of hydrogen-bond acceptors (Lipinski definition) is 3. The summed E-state index contributed by atoms with van der Waals surface area (Å²) in [4.78, 5) is 12.8. The molecule has 3 heteroatoms. The van der Waals surface area contributed by atoms with Crippen LogP contribution < -0.4 is 0 Å². The summed E-state index contributed by atoms with van der Waals surface area (Å²) in [6, 6.07) is 0. The number of ketones is 1. The van der Waals surface area contributed by atoms with E-state index >= 15 is 0 Å². The largest absolute Gasteiger partial charge is 0.391 e. The van der Waals surface area contributed by atoms with Gasteiger partial charge in [0.05, 0.1) is 12.0 Å². The lowest BCUT2D eigenvalue weighted by molar-refractivity contribution is -0.122. The minimum absolute atomic E-state index is 0.0943. The van der Waals surface area contributed by atoms with Crippen LogP contribution in [0.4, 0.5) is 0 Å². The fourth-order valence-corrected chi connectivity index (χ4v) is 1.38. The molecule has 2 atom stereocenters. The van der Waals surface area contributed by atoms with Gasteiger partial charge in [-0.05, 0) is 14.0 Å². The van der Waals surface area contributed by atoms with Crippen molar-refractivity contribution in [2.75, 3.05) is 20.1 Å². The van der Waals surface area contributed by atoms with Crippen molar-refractivity contribution in [3.8, 4) is 0 Å². The molecular formula is C7H13NO2. The van der Waals surface area contributed by atoms with Gasteiger partial charge in [-0.15, -0.1) is 0 Å². The molecule has 1 N–H and O–H groups in total. The zero-order valence-electron chi connectivity index (χ0n) is 6.37. The van der Waals surface area contributed by atoms with Gasteiger partial charge in [0.1, 0.15) is 5.78 Å². The van der Waals surface area contributed by atoms with Crippen LogP contribution in [0.1, 0.15) is 6.92 Å². The van der Waals surface area contributed by atoms with Gasteiger partial charge in [0, 0.05) is 13.1 Å². The smallest absolute Gasteiger partial charge is 0.136 e. The Morgan fingerprint density at radius 2 is 2.20 bits per heavy atom. The topological polar surface area (TPSA) is 40.5 Å². The third kappa shape index (κ3) is 1.36. The fraction of sp³-hybridized carbons (Fsp3) is 0.857. The van der Waals surface area contributed by atoms with Crippen molar-refractivity contribution in [2.24, 2.45) is 5.92 Å². The van der Waals surface area contributed by atoms with Gasteiger partial charge in [0.15, 0.2) is 0 Å². The lowest BCUT2D eigenvalue weighted by atomic mass is 10.0. The first-order valence-electron chi connectivity index (χ1n) is 3.48. The van der Waals surface area contributed by atoms with E-state index in [1.165, 1.54) is 6.92 Å². The number of likely N-dealkylation sites (tertiary alicyclic amines) is 1. The third-order valence-corrected chi connectivity index (χ3v) is 1.99. The molecule has 0 aromatic rings. The Morgan fingerprint density at radius 3 is 2.40 bits per heavy atom. The Labute approximate surface area is 60.6 Å². The lowest BCUT2D eigenvalue weighted by Crippen LogP contribution is -2.24. The standard InChI is InChI=1S/C7H13NO2/c1-5(9)6-3-8(2)4-7(6)10/h6-7,10H,3-4H2,1-2H3. The maximum Gasteiger partial charge on any atom is 0.136 e. The summed E-state index contributed by atoms with van der Waals surface area (Å²) < 4.78 is 0. The number of rotatable bonds is 1. The molecule has 0 saturated carbocycles. The van der Waals surface area contributed by atoms with Crippen LogP contribution in [0, 0.1) is 5.92 Å². The molecule has 0 radical (unpaired) electrons. The summed E-state index contributed by atoms with van der Waals surface area (Å²) in [7, 11) is 1.91. The second kappa shape index (κ2) is 2.68. The lowest BCUT2D eigenvalue weighted by Gasteiger charge is -2.07. The van der Waals surface area contributed by atoms with E-state index in [1.807, 2.05) is 11.9 Å². The Balaban J connectivity index is 2.54. The zero-order valence-corrected chi connectivity index (χ0v) is 6.37. The van der Waals surface area contributed by atoms with Crippen LogP contribution in [-0.4, -0.2) is 42.0 Å². The van der Waals surface area contributed by atoms with Crippen molar-refractivity contribution in [1.29, 1.82) is 0 Å². The number of likely N-dealkylation sites (N-methyl/N-ethyl adjacent to an activating group) is 1. The first-order chi connectivity index (χ1) is 4.61. The summed E-state index contributed by atoms with van der Waals surface area (Å²) in [6.07, 6.45) is -0.442. The summed E-state index contributed by atoms with van der Waals surface area (Å²) >= 11 is 0. The van der Waals surface area contributed by atoms with E-state index in [0.29, 0.717) is 13.1 Å². The van der Waals surface area contributed by atoms with Gasteiger partial charge >= 0.3 is 0 Å². The Kier molecular flexibility index (Phi) is 2.06. The van der Waals surface area contributed by atoms with Crippen molar-refractivity contribution in [3.05, 3.63) is 0 Å². The van der Waals surface area contributed by atoms with Crippen LogP contribution in [0.25, 0.3) is 0 Å². The molecule has 1 heterocycles. The monoisotopic (exact) mass is 143 g/mol. The van der Waals surface area contributed by atoms with Crippen molar-refractivity contribution >= 4 is 5.78 Å². The zero-order chi connectivity index (χ0) is 7.72. The molecule has 2 unspecified atom stereocenters. The molecule has 1 rings (SSSR count). The summed E-state index contributed by atoms with van der Waals surface area (Å²) in [6.45, 7) is 2.87. The van der Waals surface area contributed by atoms with Crippen LogP contribution >= 0.6 is 0 Å². The van der Waals surface area contributed by atoms with Gasteiger partial charge in [-0.3, -0.25) is 4.79 Å². The molecule has 1 saturated heterocycles. The summed E-state index contributed by atoms with van der Waals surface area (Å²) in [5, 5.41) is 9.27. The van der Waals surface area contributed by atoms with E-state index in [9.17, 15) is 9.90 Å². The normalized spacial score (nSPS) is 34.7. The first kappa shape index (κ1) is 7.69. The number of carbonyl (C=O) groups is 1. The van der Waals surface area contributed by atoms with E-state index in [-0.39, 0.29) is 11.7 Å². The van der Waals surface area contributed by atoms with Crippen LogP contribution in [-0.2, 0) is 4.79 Å². The van der Waals surface area contributed by atoms with E-state index in [2.05, 4.69) is 0 Å². The van der Waals surface area contributed by atoms with Gasteiger partial charge in [0.2, 0.25) is 0 Å². The van der Waals surface area contributed by atoms with Gasteiger partial charge in [-0.2, -0.15) is 0 Å². The highest BCUT2D eigenvalue weighted by atomic mass is 16.3. The van der Waals surface area contributed by atoms with Gasteiger partial charge in [0.25, 0.3) is 0 Å². The number of β-amino-alcohol motifs (C(OH)–C–C–N with tert-alkyl or cyclic N) is 1. The maximum atomic E-state index is 10.8. The predicted octanol–water partition coefficient (Wildman–Crippen LogP) is -0.502. The molecule has 0 spiro atoms. The van der Waals surface area contributed by atoms with Crippen molar-refractivity contribution < 1.29 is 9.90 Å². The predicted molar refractivity (Wildman–Crippen MR) is 37.7 cm³/mol. The highest BCUT2D eigenvalue weighted by molar-refractivity contribution is 5.79. The van der Waals surface area contributed by atoms with Gasteiger partial charge in [-0.25, -0.2) is 0 Å². The van der Waals surface area contributed by atoms with E-state index in [0.717, 1.165) is 0 Å². The van der Waals surface area contributed by atoms with Crippen LogP contribution in [0.15, 0.2) is 0 Å². The number of nitrogens with zero attached hydrogens (tertiary/aromatic N) is 1. The molecule has 0 aromatic carbocycles. The molecular weight excluding hydrogens is 130 g/mol. The molecule has 0 aromatic heterocycles. The van der Waals surface area contributed by atoms with Gasteiger partial charge in [-0.1, -0.05) is 0 Å². The van der Waals surface area contributed by atoms with Crippen LogP contribution in [0.3, 0.4) is 0 Å². The highest BCUT2D eigenvalue weighted by Crippen LogP contribution is 2.15. The quantitative estimate of drug-likeness (QED) is 0.538. The SMILES string of the molecule is CC(=O)C1CN(C)CC1O. The molecule has 1 aliphatic heterocycles. The average Bonchev–Trinajstić information content (AvgIpc) is 2.10. The van der Waals surface area contributed by atoms with E-state index < -0.39 is 6.10 Å². The Bertz CT molecular complexity index is 147. The third-order valence-electron chi connectivity index (χ3n) is 1.99. The van der Waals surface area contributed by atoms with Gasteiger partial charge < -0.3 is 10.0 Å².